The van der Waals surface area contributed by atoms with Gasteiger partial charge in [-0.3, -0.25) is 0 Å². The topological polar surface area (TPSA) is 25.8 Å². The lowest BCUT2D eigenvalue weighted by Crippen LogP contribution is -1.93. The van der Waals surface area contributed by atoms with E-state index in [1.807, 2.05) is 36.4 Å². The van der Waals surface area contributed by atoms with Crippen LogP contribution in [0.15, 0.2) is 44.7 Å². The van der Waals surface area contributed by atoms with Crippen molar-refractivity contribution in [2.24, 2.45) is 0 Å². The van der Waals surface area contributed by atoms with E-state index >= 15 is 0 Å². The Kier molecular flexibility index (Phi) is 4.66. The van der Waals surface area contributed by atoms with Crippen molar-refractivity contribution in [3.05, 3.63) is 55.0 Å². The third-order valence-electron chi connectivity index (χ3n) is 2.75. The highest BCUT2D eigenvalue weighted by Gasteiger charge is 2.16. The van der Waals surface area contributed by atoms with Crippen LogP contribution in [0.25, 0.3) is 21.8 Å². The molecule has 2 heterocycles. The molecule has 0 aliphatic rings. The van der Waals surface area contributed by atoms with E-state index in [1.54, 1.807) is 0 Å². The lowest BCUT2D eigenvalue weighted by atomic mass is 10.1. The molecule has 0 spiro atoms. The third-order valence-corrected chi connectivity index (χ3v) is 6.55. The summed E-state index contributed by atoms with van der Waals surface area (Å²) in [7, 11) is 0. The van der Waals surface area contributed by atoms with Gasteiger partial charge in [-0.1, -0.05) is 53.5 Å². The van der Waals surface area contributed by atoms with Gasteiger partial charge in [-0.05, 0) is 43.5 Å². The second-order valence-corrected chi connectivity index (χ2v) is 8.04. The Hall–Kier alpha value is -0.460. The van der Waals surface area contributed by atoms with Crippen LogP contribution in [0.2, 0.25) is 10.3 Å². The molecule has 1 aromatic carbocycles. The zero-order valence-corrected chi connectivity index (χ0v) is 15.8. The van der Waals surface area contributed by atoms with Crippen molar-refractivity contribution >= 4 is 66.4 Å². The predicted molar refractivity (Wildman–Crippen MR) is 96.2 cm³/mol. The standard InChI is InChI=1S/C14H6Br2Cl2N2S/c15-8-6-9(21-11(8)16)14-19-12(17)10(13(18)20-14)7-4-2-1-3-5-7/h1-6H. The fourth-order valence-electron chi connectivity index (χ4n) is 1.82. The summed E-state index contributed by atoms with van der Waals surface area (Å²) in [6.45, 7) is 0. The Morgan fingerprint density at radius 1 is 0.952 bits per heavy atom. The van der Waals surface area contributed by atoms with E-state index in [1.165, 1.54) is 11.3 Å². The number of nitrogens with zero attached hydrogens (tertiary/aromatic N) is 2. The van der Waals surface area contributed by atoms with Crippen LogP contribution in [-0.2, 0) is 0 Å². The molecular formula is C14H6Br2Cl2N2S. The fraction of sp³-hybridized carbons (Fsp3) is 0. The number of hydrogen-bond acceptors (Lipinski definition) is 3. The molecule has 0 N–H and O–H groups in total. The van der Waals surface area contributed by atoms with Gasteiger partial charge in [0.05, 0.1) is 14.2 Å². The average molecular weight is 465 g/mol. The molecule has 0 unspecified atom stereocenters. The Labute approximate surface area is 152 Å². The summed E-state index contributed by atoms with van der Waals surface area (Å²) in [5.41, 5.74) is 1.55. The van der Waals surface area contributed by atoms with Crippen molar-refractivity contribution in [3.8, 4) is 21.8 Å². The zero-order valence-electron chi connectivity index (χ0n) is 10.3. The number of thiophene rings is 1. The zero-order chi connectivity index (χ0) is 15.0. The molecule has 0 bridgehead atoms. The minimum atomic E-state index is 0.344. The minimum absolute atomic E-state index is 0.344. The molecule has 0 amide bonds. The number of halogens is 4. The summed E-state index contributed by atoms with van der Waals surface area (Å²) in [6, 6.07) is 11.6. The van der Waals surface area contributed by atoms with E-state index in [0.29, 0.717) is 21.7 Å². The molecule has 7 heteroatoms. The molecule has 3 rings (SSSR count). The molecular weight excluding hydrogens is 459 g/mol. The summed E-state index contributed by atoms with van der Waals surface area (Å²) >= 11 is 21.0. The van der Waals surface area contributed by atoms with E-state index in [0.717, 1.165) is 18.7 Å². The van der Waals surface area contributed by atoms with Gasteiger partial charge in [-0.15, -0.1) is 11.3 Å². The van der Waals surface area contributed by atoms with Gasteiger partial charge in [0.2, 0.25) is 0 Å². The summed E-state index contributed by atoms with van der Waals surface area (Å²) in [6.07, 6.45) is 0. The van der Waals surface area contributed by atoms with Crippen molar-refractivity contribution in [1.82, 2.24) is 9.97 Å². The van der Waals surface area contributed by atoms with Gasteiger partial charge in [-0.2, -0.15) is 0 Å². The van der Waals surface area contributed by atoms with Crippen LogP contribution in [0, 0.1) is 0 Å². The molecule has 21 heavy (non-hydrogen) atoms. The second kappa shape index (κ2) is 6.34. The lowest BCUT2D eigenvalue weighted by Gasteiger charge is -2.07. The van der Waals surface area contributed by atoms with Crippen LogP contribution in [0.5, 0.6) is 0 Å². The van der Waals surface area contributed by atoms with Crippen LogP contribution in [0.3, 0.4) is 0 Å². The number of rotatable bonds is 2. The van der Waals surface area contributed by atoms with Gasteiger partial charge < -0.3 is 0 Å². The van der Waals surface area contributed by atoms with E-state index in [-0.39, 0.29) is 0 Å². The van der Waals surface area contributed by atoms with Crippen molar-refractivity contribution in [2.45, 2.75) is 0 Å². The monoisotopic (exact) mass is 462 g/mol. The van der Waals surface area contributed by atoms with Crippen LogP contribution in [0.1, 0.15) is 0 Å². The quantitative estimate of drug-likeness (QED) is 0.394. The first-order chi connectivity index (χ1) is 10.1. The maximum atomic E-state index is 6.31. The summed E-state index contributed by atoms with van der Waals surface area (Å²) in [5.74, 6) is 0.515. The van der Waals surface area contributed by atoms with Crippen LogP contribution >= 0.6 is 66.4 Å². The highest BCUT2D eigenvalue weighted by Crippen LogP contribution is 2.39. The van der Waals surface area contributed by atoms with Gasteiger partial charge in [0.15, 0.2) is 5.82 Å². The normalized spacial score (nSPS) is 10.9. The average Bonchev–Trinajstić information content (AvgIpc) is 2.79. The number of benzene rings is 1. The minimum Gasteiger partial charge on any atom is -0.215 e. The maximum Gasteiger partial charge on any atom is 0.172 e. The van der Waals surface area contributed by atoms with Gasteiger partial charge in [-0.25, -0.2) is 9.97 Å². The molecule has 0 atom stereocenters. The first-order valence-electron chi connectivity index (χ1n) is 5.80. The molecule has 0 aliphatic carbocycles. The van der Waals surface area contributed by atoms with Gasteiger partial charge >= 0.3 is 0 Å². The van der Waals surface area contributed by atoms with E-state index in [2.05, 4.69) is 41.8 Å². The molecule has 0 radical (unpaired) electrons. The van der Waals surface area contributed by atoms with Gasteiger partial charge in [0.25, 0.3) is 0 Å². The Morgan fingerprint density at radius 2 is 1.57 bits per heavy atom. The van der Waals surface area contributed by atoms with Gasteiger partial charge in [0, 0.05) is 4.47 Å². The number of hydrogen-bond donors (Lipinski definition) is 0. The number of aromatic nitrogens is 2. The summed E-state index contributed by atoms with van der Waals surface area (Å²) < 4.78 is 1.92. The highest BCUT2D eigenvalue weighted by atomic mass is 79.9. The van der Waals surface area contributed by atoms with Crippen molar-refractivity contribution in [2.75, 3.05) is 0 Å². The smallest absolute Gasteiger partial charge is 0.172 e. The third kappa shape index (κ3) is 3.17. The molecule has 3 aromatic rings. The maximum absolute atomic E-state index is 6.31. The van der Waals surface area contributed by atoms with Crippen molar-refractivity contribution in [1.29, 1.82) is 0 Å². The first-order valence-corrected chi connectivity index (χ1v) is 8.96. The van der Waals surface area contributed by atoms with Crippen molar-refractivity contribution in [3.63, 3.8) is 0 Å². The molecule has 0 aliphatic heterocycles. The SMILES string of the molecule is Clc1nc(-c2cc(Br)c(Br)s2)nc(Cl)c1-c1ccccc1. The molecule has 0 fully saturated rings. The second-order valence-electron chi connectivity index (χ2n) is 4.10. The largest absolute Gasteiger partial charge is 0.215 e. The highest BCUT2D eigenvalue weighted by molar-refractivity contribution is 9.13. The van der Waals surface area contributed by atoms with Crippen molar-refractivity contribution < 1.29 is 0 Å². The Bertz CT molecular complexity index is 763. The molecule has 0 saturated heterocycles. The fourth-order valence-corrected chi connectivity index (χ4v) is 4.39. The predicted octanol–water partition coefficient (Wildman–Crippen LogP) is 6.70. The van der Waals surface area contributed by atoms with Crippen LogP contribution in [0.4, 0.5) is 0 Å². The Balaban J connectivity index is 2.12. The van der Waals surface area contributed by atoms with E-state index in [4.69, 9.17) is 23.2 Å². The molecule has 0 saturated carbocycles. The first kappa shape index (κ1) is 15.4. The molecule has 106 valence electrons. The van der Waals surface area contributed by atoms with Crippen LogP contribution in [-0.4, -0.2) is 9.97 Å². The Morgan fingerprint density at radius 3 is 2.10 bits per heavy atom. The summed E-state index contributed by atoms with van der Waals surface area (Å²) in [4.78, 5) is 9.63. The molecule has 2 nitrogen and oxygen atoms in total. The van der Waals surface area contributed by atoms with Gasteiger partial charge in [0.1, 0.15) is 10.3 Å². The van der Waals surface area contributed by atoms with Crippen LogP contribution < -0.4 is 0 Å². The molecule has 2 aromatic heterocycles. The van der Waals surface area contributed by atoms with E-state index < -0.39 is 0 Å². The summed E-state index contributed by atoms with van der Waals surface area (Å²) in [5, 5.41) is 0.689. The van der Waals surface area contributed by atoms with E-state index in [9.17, 15) is 0 Å². The lowest BCUT2D eigenvalue weighted by molar-refractivity contribution is 1.19.